The molecule has 0 bridgehead atoms. The number of piperidine rings is 1. The highest BCUT2D eigenvalue weighted by atomic mass is 35.5. The molecular weight excluding hydrogens is 599 g/mol. The molecule has 0 N–H and O–H groups in total. The van der Waals surface area contributed by atoms with E-state index in [1.54, 1.807) is 15.9 Å². The van der Waals surface area contributed by atoms with Gasteiger partial charge in [0.25, 0.3) is 5.91 Å². The minimum Gasteiger partial charge on any atom is -0.446 e. The van der Waals surface area contributed by atoms with Crippen LogP contribution in [0.2, 0.25) is 5.02 Å². The van der Waals surface area contributed by atoms with Crippen molar-refractivity contribution in [1.82, 2.24) is 19.7 Å². The minimum absolute atomic E-state index is 0.0140. The van der Waals surface area contributed by atoms with Crippen molar-refractivity contribution >= 4 is 35.2 Å². The van der Waals surface area contributed by atoms with Crippen molar-refractivity contribution in [2.75, 3.05) is 57.3 Å². The first-order chi connectivity index (χ1) is 20.9. The van der Waals surface area contributed by atoms with Crippen LogP contribution in [0.1, 0.15) is 47.7 Å². The number of aryl methyl sites for hydroxylation is 1. The molecule has 2 aromatic rings. The average Bonchev–Trinajstić information content (AvgIpc) is 3.55. The van der Waals surface area contributed by atoms with E-state index in [2.05, 4.69) is 9.88 Å². The molecule has 13 heteroatoms. The predicted molar refractivity (Wildman–Crippen MR) is 158 cm³/mol. The van der Waals surface area contributed by atoms with Crippen molar-refractivity contribution in [2.45, 2.75) is 45.4 Å². The zero-order valence-electron chi connectivity index (χ0n) is 24.9. The second-order valence-electron chi connectivity index (χ2n) is 11.9. The molecule has 2 atom stereocenters. The van der Waals surface area contributed by atoms with E-state index in [4.69, 9.17) is 16.3 Å². The van der Waals surface area contributed by atoms with Gasteiger partial charge in [0.1, 0.15) is 6.10 Å². The predicted octanol–water partition coefficient (Wildman–Crippen LogP) is 5.11. The number of hydrogen-bond donors (Lipinski definition) is 0. The normalized spacial score (nSPS) is 21.0. The monoisotopic (exact) mass is 635 g/mol. The molecular formula is C31H37ClF3N5O4. The quantitative estimate of drug-likeness (QED) is 0.420. The lowest BCUT2D eigenvalue weighted by molar-refractivity contribution is -0.138. The molecule has 2 unspecified atom stereocenters. The van der Waals surface area contributed by atoms with Gasteiger partial charge in [-0.05, 0) is 55.5 Å². The summed E-state index contributed by atoms with van der Waals surface area (Å²) in [6, 6.07) is 6.31. The number of ether oxygens (including phenoxy) is 1. The lowest BCUT2D eigenvalue weighted by atomic mass is 10.0. The lowest BCUT2D eigenvalue weighted by Gasteiger charge is -2.32. The van der Waals surface area contributed by atoms with Gasteiger partial charge in [-0.25, -0.2) is 4.79 Å². The number of carbonyl (C=O) groups is 3. The Hall–Kier alpha value is -3.38. The van der Waals surface area contributed by atoms with Gasteiger partial charge in [0.05, 0.1) is 11.1 Å². The van der Waals surface area contributed by atoms with E-state index in [9.17, 15) is 27.6 Å². The Kier molecular flexibility index (Phi) is 9.69. The largest absolute Gasteiger partial charge is 0.446 e. The van der Waals surface area contributed by atoms with Gasteiger partial charge >= 0.3 is 12.3 Å². The van der Waals surface area contributed by atoms with E-state index in [1.807, 2.05) is 19.1 Å². The van der Waals surface area contributed by atoms with E-state index < -0.39 is 29.3 Å². The Balaban J connectivity index is 1.15. The van der Waals surface area contributed by atoms with E-state index in [1.165, 1.54) is 11.8 Å². The Morgan fingerprint density at radius 3 is 2.34 bits per heavy atom. The number of hydrogen-bond acceptors (Lipinski definition) is 6. The third-order valence-corrected chi connectivity index (χ3v) is 9.31. The van der Waals surface area contributed by atoms with Crippen molar-refractivity contribution in [2.24, 2.45) is 11.8 Å². The second-order valence-corrected chi connectivity index (χ2v) is 12.3. The van der Waals surface area contributed by atoms with Crippen LogP contribution in [-0.2, 0) is 15.7 Å². The SMILES string of the molecule is CC(=O)N1CCC(OC(=O)N(CCCN2CC3CN(C(=O)c4cnccc4C(F)(F)F)CC3C2)c2ccc(C)c(Cl)c2)CC1. The van der Waals surface area contributed by atoms with Gasteiger partial charge in [0.15, 0.2) is 0 Å². The molecule has 3 aliphatic heterocycles. The number of carbonyl (C=O) groups excluding carboxylic acids is 3. The van der Waals surface area contributed by atoms with E-state index in [0.29, 0.717) is 69.2 Å². The van der Waals surface area contributed by atoms with Crippen molar-refractivity contribution in [3.63, 3.8) is 0 Å². The molecule has 9 nitrogen and oxygen atoms in total. The first kappa shape index (κ1) is 32.0. The molecule has 0 spiro atoms. The summed E-state index contributed by atoms with van der Waals surface area (Å²) in [7, 11) is 0. The summed E-state index contributed by atoms with van der Waals surface area (Å²) >= 11 is 6.38. The Bertz CT molecular complexity index is 1370. The number of aromatic nitrogens is 1. The average molecular weight is 636 g/mol. The fraction of sp³-hybridized carbons (Fsp3) is 0.548. The van der Waals surface area contributed by atoms with Gasteiger partial charge in [0.2, 0.25) is 5.91 Å². The third-order valence-electron chi connectivity index (χ3n) is 8.90. The Morgan fingerprint density at radius 2 is 1.73 bits per heavy atom. The molecule has 44 heavy (non-hydrogen) atoms. The number of anilines is 1. The van der Waals surface area contributed by atoms with Gasteiger partial charge in [-0.2, -0.15) is 13.2 Å². The molecule has 0 aliphatic carbocycles. The molecule has 5 rings (SSSR count). The van der Waals surface area contributed by atoms with Crippen molar-refractivity contribution in [1.29, 1.82) is 0 Å². The van der Waals surface area contributed by atoms with Gasteiger partial charge in [-0.15, -0.1) is 0 Å². The highest BCUT2D eigenvalue weighted by Crippen LogP contribution is 2.35. The van der Waals surface area contributed by atoms with Crippen LogP contribution in [-0.4, -0.2) is 96.1 Å². The van der Waals surface area contributed by atoms with Crippen LogP contribution in [0.4, 0.5) is 23.7 Å². The van der Waals surface area contributed by atoms with E-state index in [-0.39, 0.29) is 23.8 Å². The van der Waals surface area contributed by atoms with Gasteiger partial charge in [-0.1, -0.05) is 17.7 Å². The summed E-state index contributed by atoms with van der Waals surface area (Å²) in [6.45, 7) is 7.89. The summed E-state index contributed by atoms with van der Waals surface area (Å²) in [5.74, 6) is -0.282. The number of likely N-dealkylation sites (tertiary alicyclic amines) is 3. The molecule has 0 saturated carbocycles. The van der Waals surface area contributed by atoms with Gasteiger partial charge < -0.3 is 19.4 Å². The summed E-state index contributed by atoms with van der Waals surface area (Å²) in [4.78, 5) is 48.9. The number of rotatable bonds is 7. The second kappa shape index (κ2) is 13.3. The summed E-state index contributed by atoms with van der Waals surface area (Å²) < 4.78 is 46.2. The van der Waals surface area contributed by atoms with Gasteiger partial charge in [-0.3, -0.25) is 19.5 Å². The number of halogens is 4. The number of benzene rings is 1. The zero-order valence-corrected chi connectivity index (χ0v) is 25.6. The van der Waals surface area contributed by atoms with Crippen molar-refractivity contribution in [3.8, 4) is 0 Å². The molecule has 4 heterocycles. The molecule has 3 fully saturated rings. The zero-order chi connectivity index (χ0) is 31.6. The van der Waals surface area contributed by atoms with Crippen LogP contribution in [0.3, 0.4) is 0 Å². The lowest BCUT2D eigenvalue weighted by Crippen LogP contribution is -2.43. The topological polar surface area (TPSA) is 86.3 Å². The first-order valence-electron chi connectivity index (χ1n) is 14.9. The molecule has 3 aliphatic rings. The standard InChI is InChI=1S/C31H37ClF3N5O4/c1-20-4-5-24(14-28(20)32)40(30(43)44-25-7-12-38(13-8-25)21(2)41)11-3-10-37-16-22-18-39(19-23(22)17-37)29(42)26-15-36-9-6-27(26)31(33,34)35/h4-6,9,14-15,22-23,25H,3,7-8,10-13,16-19H2,1-2H3. The molecule has 3 saturated heterocycles. The van der Waals surface area contributed by atoms with Crippen LogP contribution >= 0.6 is 11.6 Å². The maximum absolute atomic E-state index is 13.4. The van der Waals surface area contributed by atoms with Crippen molar-refractivity contribution in [3.05, 3.63) is 58.4 Å². The van der Waals surface area contributed by atoms with Crippen LogP contribution in [0.25, 0.3) is 0 Å². The van der Waals surface area contributed by atoms with Crippen LogP contribution in [0.5, 0.6) is 0 Å². The summed E-state index contributed by atoms with van der Waals surface area (Å²) in [6.07, 6.45) is -1.48. The number of pyridine rings is 1. The van der Waals surface area contributed by atoms with Crippen LogP contribution in [0.15, 0.2) is 36.7 Å². The highest BCUT2D eigenvalue weighted by Gasteiger charge is 2.43. The number of fused-ring (bicyclic) bond motifs is 1. The molecule has 1 aromatic carbocycles. The summed E-state index contributed by atoms with van der Waals surface area (Å²) in [5.41, 5.74) is 0.169. The number of amides is 3. The molecule has 3 amide bonds. The molecule has 238 valence electrons. The maximum Gasteiger partial charge on any atom is 0.417 e. The highest BCUT2D eigenvalue weighted by molar-refractivity contribution is 6.31. The Morgan fingerprint density at radius 1 is 1.05 bits per heavy atom. The smallest absolute Gasteiger partial charge is 0.417 e. The minimum atomic E-state index is -4.63. The fourth-order valence-electron chi connectivity index (χ4n) is 6.44. The van der Waals surface area contributed by atoms with Crippen LogP contribution in [0, 0.1) is 18.8 Å². The maximum atomic E-state index is 13.4. The third kappa shape index (κ3) is 7.28. The Labute approximate surface area is 259 Å². The summed E-state index contributed by atoms with van der Waals surface area (Å²) in [5, 5.41) is 0.551. The van der Waals surface area contributed by atoms with E-state index in [0.717, 1.165) is 37.1 Å². The number of nitrogens with zero attached hydrogens (tertiary/aromatic N) is 5. The van der Waals surface area contributed by atoms with Gasteiger partial charge in [0, 0.05) is 88.7 Å². The van der Waals surface area contributed by atoms with Crippen molar-refractivity contribution < 1.29 is 32.3 Å². The van der Waals surface area contributed by atoms with E-state index >= 15 is 0 Å². The fourth-order valence-corrected chi connectivity index (χ4v) is 6.62. The molecule has 1 aromatic heterocycles. The number of alkyl halides is 3. The molecule has 0 radical (unpaired) electrons. The van der Waals surface area contributed by atoms with Crippen LogP contribution < -0.4 is 4.90 Å². The first-order valence-corrected chi connectivity index (χ1v) is 15.3.